The third-order valence-electron chi connectivity index (χ3n) is 4.64. The van der Waals surface area contributed by atoms with Crippen LogP contribution in [0.25, 0.3) is 21.5 Å². The smallest absolute Gasteiger partial charge is 0.333 e. The molecule has 0 fully saturated rings. The van der Waals surface area contributed by atoms with E-state index < -0.39 is 11.6 Å². The number of hydrogen-bond donors (Lipinski definition) is 0. The molecule has 0 aliphatic carbocycles. The zero-order chi connectivity index (χ0) is 19.6. The summed E-state index contributed by atoms with van der Waals surface area (Å²) < 4.78 is 11.4. The van der Waals surface area contributed by atoms with Crippen molar-refractivity contribution in [3.05, 3.63) is 72.3 Å². The van der Waals surface area contributed by atoms with Crippen LogP contribution in [-0.2, 0) is 14.3 Å². The van der Waals surface area contributed by atoms with E-state index in [1.54, 1.807) is 6.92 Å². The fourth-order valence-electron chi connectivity index (χ4n) is 3.07. The SMILES string of the molecule is C=C(C)C(=O)OC(C)(C)COC(C)c1ccc2c(ccc3ccccc32)c1. The van der Waals surface area contributed by atoms with E-state index in [1.807, 2.05) is 20.8 Å². The zero-order valence-electron chi connectivity index (χ0n) is 16.4. The molecule has 0 spiro atoms. The van der Waals surface area contributed by atoms with Gasteiger partial charge in [-0.15, -0.1) is 0 Å². The molecule has 3 aromatic rings. The number of rotatable bonds is 6. The molecule has 0 aliphatic heterocycles. The predicted octanol–water partition coefficient (Wildman–Crippen LogP) is 5.97. The van der Waals surface area contributed by atoms with Gasteiger partial charge in [0.1, 0.15) is 5.60 Å². The molecule has 140 valence electrons. The highest BCUT2D eigenvalue weighted by atomic mass is 16.6. The molecular weight excluding hydrogens is 336 g/mol. The lowest BCUT2D eigenvalue weighted by molar-refractivity contribution is -0.159. The fraction of sp³-hybridized carbons (Fsp3) is 0.292. The maximum Gasteiger partial charge on any atom is 0.333 e. The predicted molar refractivity (Wildman–Crippen MR) is 111 cm³/mol. The number of carbonyl (C=O) groups is 1. The zero-order valence-corrected chi connectivity index (χ0v) is 16.4. The molecule has 0 aliphatic rings. The second kappa shape index (κ2) is 7.53. The van der Waals surface area contributed by atoms with Crippen molar-refractivity contribution in [3.63, 3.8) is 0 Å². The molecule has 0 N–H and O–H groups in total. The summed E-state index contributed by atoms with van der Waals surface area (Å²) in [4.78, 5) is 11.7. The van der Waals surface area contributed by atoms with Gasteiger partial charge in [0.05, 0.1) is 12.7 Å². The molecule has 0 saturated carbocycles. The van der Waals surface area contributed by atoms with E-state index in [-0.39, 0.29) is 6.10 Å². The first kappa shape index (κ1) is 19.1. The Morgan fingerprint density at radius 3 is 2.44 bits per heavy atom. The number of hydrogen-bond acceptors (Lipinski definition) is 3. The van der Waals surface area contributed by atoms with Crippen LogP contribution in [0.3, 0.4) is 0 Å². The van der Waals surface area contributed by atoms with Crippen LogP contribution in [0.4, 0.5) is 0 Å². The first-order valence-electron chi connectivity index (χ1n) is 9.19. The fourth-order valence-corrected chi connectivity index (χ4v) is 3.07. The van der Waals surface area contributed by atoms with E-state index in [9.17, 15) is 4.79 Å². The summed E-state index contributed by atoms with van der Waals surface area (Å²) in [6, 6.07) is 19.1. The highest BCUT2D eigenvalue weighted by Crippen LogP contribution is 2.29. The first-order valence-corrected chi connectivity index (χ1v) is 9.19. The number of carbonyl (C=O) groups excluding carboxylic acids is 1. The lowest BCUT2D eigenvalue weighted by atomic mass is 9.99. The van der Waals surface area contributed by atoms with Gasteiger partial charge in [-0.1, -0.05) is 55.1 Å². The van der Waals surface area contributed by atoms with E-state index in [0.29, 0.717) is 12.2 Å². The van der Waals surface area contributed by atoms with Gasteiger partial charge >= 0.3 is 5.97 Å². The van der Waals surface area contributed by atoms with Crippen LogP contribution in [0, 0.1) is 0 Å². The molecule has 0 amide bonds. The van der Waals surface area contributed by atoms with E-state index in [2.05, 4.69) is 61.2 Å². The van der Waals surface area contributed by atoms with Crippen LogP contribution in [0.5, 0.6) is 0 Å². The quantitative estimate of drug-likeness (QED) is 0.308. The molecule has 0 bridgehead atoms. The Bertz CT molecular complexity index is 1000. The lowest BCUT2D eigenvalue weighted by Gasteiger charge is -2.27. The molecule has 3 nitrogen and oxygen atoms in total. The Kier molecular flexibility index (Phi) is 5.33. The largest absolute Gasteiger partial charge is 0.454 e. The van der Waals surface area contributed by atoms with Crippen molar-refractivity contribution in [1.29, 1.82) is 0 Å². The lowest BCUT2D eigenvalue weighted by Crippen LogP contribution is -2.34. The van der Waals surface area contributed by atoms with Crippen molar-refractivity contribution in [3.8, 4) is 0 Å². The molecule has 27 heavy (non-hydrogen) atoms. The van der Waals surface area contributed by atoms with Crippen molar-refractivity contribution >= 4 is 27.5 Å². The van der Waals surface area contributed by atoms with Gasteiger partial charge < -0.3 is 9.47 Å². The summed E-state index contributed by atoms with van der Waals surface area (Å²) in [5.41, 5.74) is 0.773. The Morgan fingerprint density at radius 2 is 1.70 bits per heavy atom. The molecule has 0 saturated heterocycles. The average molecular weight is 362 g/mol. The maximum atomic E-state index is 11.7. The van der Waals surface area contributed by atoms with Crippen LogP contribution < -0.4 is 0 Å². The Hall–Kier alpha value is -2.65. The summed E-state index contributed by atoms with van der Waals surface area (Å²) in [6.45, 7) is 11.3. The number of ether oxygens (including phenoxy) is 2. The molecule has 1 unspecified atom stereocenters. The maximum absolute atomic E-state index is 11.7. The molecular formula is C24H26O3. The van der Waals surface area contributed by atoms with E-state index in [0.717, 1.165) is 5.56 Å². The third-order valence-corrected chi connectivity index (χ3v) is 4.64. The van der Waals surface area contributed by atoms with Crippen molar-refractivity contribution in [2.45, 2.75) is 39.4 Å². The minimum absolute atomic E-state index is 0.108. The highest BCUT2D eigenvalue weighted by molar-refractivity contribution is 6.07. The molecule has 3 aromatic carbocycles. The van der Waals surface area contributed by atoms with Crippen molar-refractivity contribution in [2.75, 3.05) is 6.61 Å². The summed E-state index contributed by atoms with van der Waals surface area (Å²) in [7, 11) is 0. The molecule has 0 radical (unpaired) electrons. The van der Waals surface area contributed by atoms with Crippen molar-refractivity contribution in [2.24, 2.45) is 0 Å². The van der Waals surface area contributed by atoms with E-state index in [4.69, 9.17) is 9.47 Å². The van der Waals surface area contributed by atoms with Crippen LogP contribution in [0.1, 0.15) is 39.4 Å². The number of esters is 1. The summed E-state index contributed by atoms with van der Waals surface area (Å²) >= 11 is 0. The van der Waals surface area contributed by atoms with Crippen molar-refractivity contribution < 1.29 is 14.3 Å². The molecule has 3 rings (SSSR count). The van der Waals surface area contributed by atoms with E-state index >= 15 is 0 Å². The first-order chi connectivity index (χ1) is 12.8. The second-order valence-corrected chi connectivity index (χ2v) is 7.65. The van der Waals surface area contributed by atoms with Gasteiger partial charge in [-0.25, -0.2) is 4.79 Å². The highest BCUT2D eigenvalue weighted by Gasteiger charge is 2.25. The molecule has 0 aromatic heterocycles. The van der Waals surface area contributed by atoms with Crippen LogP contribution in [0.2, 0.25) is 0 Å². The number of fused-ring (bicyclic) bond motifs is 3. The summed E-state index contributed by atoms with van der Waals surface area (Å²) in [5.74, 6) is -0.395. The van der Waals surface area contributed by atoms with Crippen LogP contribution >= 0.6 is 0 Å². The molecule has 0 heterocycles. The van der Waals surface area contributed by atoms with Gasteiger partial charge in [0, 0.05) is 5.57 Å². The monoisotopic (exact) mass is 362 g/mol. The van der Waals surface area contributed by atoms with E-state index in [1.165, 1.54) is 21.5 Å². The van der Waals surface area contributed by atoms with Gasteiger partial charge in [-0.2, -0.15) is 0 Å². The van der Waals surface area contributed by atoms with Crippen LogP contribution in [-0.4, -0.2) is 18.2 Å². The molecule has 3 heteroatoms. The van der Waals surface area contributed by atoms with Crippen LogP contribution in [0.15, 0.2) is 66.7 Å². The third kappa shape index (κ3) is 4.37. The van der Waals surface area contributed by atoms with Gasteiger partial charge in [0.2, 0.25) is 0 Å². The Balaban J connectivity index is 1.76. The average Bonchev–Trinajstić information content (AvgIpc) is 2.65. The summed E-state index contributed by atoms with van der Waals surface area (Å²) in [5, 5.41) is 4.92. The van der Waals surface area contributed by atoms with Gasteiger partial charge in [0.25, 0.3) is 0 Å². The summed E-state index contributed by atoms with van der Waals surface area (Å²) in [6.07, 6.45) is -0.108. The van der Waals surface area contributed by atoms with Gasteiger partial charge in [-0.3, -0.25) is 0 Å². The Morgan fingerprint density at radius 1 is 1.04 bits per heavy atom. The Labute approximate surface area is 160 Å². The normalized spacial score (nSPS) is 12.9. The minimum Gasteiger partial charge on any atom is -0.454 e. The number of benzene rings is 3. The van der Waals surface area contributed by atoms with Crippen molar-refractivity contribution in [1.82, 2.24) is 0 Å². The topological polar surface area (TPSA) is 35.5 Å². The standard InChI is InChI=1S/C24H26O3/c1-16(2)23(25)27-24(4,5)15-26-17(3)19-12-13-22-20(14-19)11-10-18-8-6-7-9-21(18)22/h6-14,17H,1,15H2,2-5H3. The molecule has 1 atom stereocenters. The van der Waals surface area contributed by atoms with Gasteiger partial charge in [0.15, 0.2) is 0 Å². The second-order valence-electron chi connectivity index (χ2n) is 7.65. The minimum atomic E-state index is -0.711. The van der Waals surface area contributed by atoms with Gasteiger partial charge in [-0.05, 0) is 60.9 Å².